The molecule has 4 rings (SSSR count). The molecule has 0 saturated carbocycles. The maximum Gasteiger partial charge on any atom is 0.416 e. The molecule has 6 nitrogen and oxygen atoms in total. The van der Waals surface area contributed by atoms with Crippen LogP contribution in [0.2, 0.25) is 0 Å². The van der Waals surface area contributed by atoms with Gasteiger partial charge in [0.05, 0.1) is 10.5 Å². The number of hydrogen-bond donors (Lipinski definition) is 1. The van der Waals surface area contributed by atoms with Crippen LogP contribution in [0.1, 0.15) is 37.5 Å². The normalized spacial score (nSPS) is 21.2. The number of rotatable bonds is 4. The summed E-state index contributed by atoms with van der Waals surface area (Å²) in [6.45, 7) is 9.07. The zero-order valence-electron chi connectivity index (χ0n) is 19.2. The molecule has 184 valence electrons. The average Bonchev–Trinajstić information content (AvgIpc) is 2.81. The Morgan fingerprint density at radius 3 is 2.24 bits per heavy atom. The summed E-state index contributed by atoms with van der Waals surface area (Å²) >= 11 is 1.30. The fraction of sp³-hybridized carbons (Fsp3) is 0.478. The van der Waals surface area contributed by atoms with E-state index >= 15 is 0 Å². The summed E-state index contributed by atoms with van der Waals surface area (Å²) in [5, 5.41) is 6.12. The monoisotopic (exact) mass is 512 g/mol. The van der Waals surface area contributed by atoms with Crippen LogP contribution in [-0.4, -0.2) is 45.1 Å². The van der Waals surface area contributed by atoms with Crippen LogP contribution < -0.4 is 5.32 Å². The van der Waals surface area contributed by atoms with Gasteiger partial charge in [-0.15, -0.1) is 4.91 Å². The van der Waals surface area contributed by atoms with Crippen LogP contribution in [0.25, 0.3) is 0 Å². The van der Waals surface area contributed by atoms with E-state index in [4.69, 9.17) is 0 Å². The smallest absolute Gasteiger partial charge is 0.289 e. The Bertz CT molecular complexity index is 1080. The molecule has 0 amide bonds. The van der Waals surface area contributed by atoms with E-state index in [-0.39, 0.29) is 23.1 Å². The number of nitroso groups, excluding NO2 is 1. The highest BCUT2D eigenvalue weighted by Gasteiger charge is 2.35. The van der Waals surface area contributed by atoms with E-state index in [0.717, 1.165) is 17.0 Å². The molecule has 34 heavy (non-hydrogen) atoms. The molecule has 2 aliphatic rings. The minimum atomic E-state index is -4.53. The summed E-state index contributed by atoms with van der Waals surface area (Å²) in [5.74, 6) is 0. The van der Waals surface area contributed by atoms with Crippen molar-refractivity contribution in [1.82, 2.24) is 14.5 Å². The summed E-state index contributed by atoms with van der Waals surface area (Å²) in [6, 6.07) is 9.77. The minimum Gasteiger partial charge on any atom is -0.289 e. The van der Waals surface area contributed by atoms with Gasteiger partial charge in [0.25, 0.3) is 0 Å². The first-order chi connectivity index (χ1) is 16.0. The summed E-state index contributed by atoms with van der Waals surface area (Å²) in [7, 11) is -1.26. The third-order valence-corrected chi connectivity index (χ3v) is 8.93. The van der Waals surface area contributed by atoms with Gasteiger partial charge in [-0.3, -0.25) is 10.2 Å². The second-order valence-corrected chi connectivity index (χ2v) is 12.0. The SMILES string of the molecule is CC(C)(C)c1ccc(S(=O)N2CCN(C3NCc4cc(C(F)(F)F)cc(N=O)c4S3)CC2)cc1. The van der Waals surface area contributed by atoms with Crippen LogP contribution >= 0.6 is 11.8 Å². The molecular weight excluding hydrogens is 485 g/mol. The molecule has 1 N–H and O–H groups in total. The molecule has 0 bridgehead atoms. The maximum absolute atomic E-state index is 13.1. The zero-order chi connectivity index (χ0) is 24.7. The number of fused-ring (bicyclic) bond motifs is 1. The van der Waals surface area contributed by atoms with Crippen molar-refractivity contribution >= 4 is 28.4 Å². The lowest BCUT2D eigenvalue weighted by Gasteiger charge is -2.40. The van der Waals surface area contributed by atoms with Gasteiger partial charge in [-0.05, 0) is 46.0 Å². The second kappa shape index (κ2) is 9.69. The highest BCUT2D eigenvalue weighted by atomic mass is 32.2. The Morgan fingerprint density at radius 1 is 1.03 bits per heavy atom. The molecule has 1 saturated heterocycles. The fourth-order valence-electron chi connectivity index (χ4n) is 4.05. The Kier molecular flexibility index (Phi) is 7.21. The van der Waals surface area contributed by atoms with Crippen molar-refractivity contribution in [3.63, 3.8) is 0 Å². The van der Waals surface area contributed by atoms with Crippen molar-refractivity contribution in [2.75, 3.05) is 26.2 Å². The molecule has 0 aromatic heterocycles. The van der Waals surface area contributed by atoms with Crippen molar-refractivity contribution < 1.29 is 17.4 Å². The highest BCUT2D eigenvalue weighted by Crippen LogP contribution is 2.43. The van der Waals surface area contributed by atoms with Gasteiger partial charge >= 0.3 is 6.18 Å². The van der Waals surface area contributed by atoms with Gasteiger partial charge in [0.2, 0.25) is 0 Å². The molecule has 2 heterocycles. The van der Waals surface area contributed by atoms with Crippen LogP contribution in [0.5, 0.6) is 0 Å². The highest BCUT2D eigenvalue weighted by molar-refractivity contribution is 8.00. The Morgan fingerprint density at radius 2 is 1.68 bits per heavy atom. The number of alkyl halides is 3. The van der Waals surface area contributed by atoms with Crippen molar-refractivity contribution in [2.45, 2.75) is 54.2 Å². The molecule has 0 aliphatic carbocycles. The van der Waals surface area contributed by atoms with Crippen molar-refractivity contribution in [1.29, 1.82) is 0 Å². The Hall–Kier alpha value is -1.79. The maximum atomic E-state index is 13.1. The molecule has 2 aliphatic heterocycles. The minimum absolute atomic E-state index is 0.0302. The van der Waals surface area contributed by atoms with Crippen molar-refractivity contribution in [3.05, 3.63) is 58.0 Å². The molecule has 11 heteroatoms. The first-order valence-electron chi connectivity index (χ1n) is 11.0. The van der Waals surface area contributed by atoms with E-state index in [0.29, 0.717) is 36.6 Å². The van der Waals surface area contributed by atoms with E-state index in [1.807, 2.05) is 28.6 Å². The van der Waals surface area contributed by atoms with Crippen molar-refractivity contribution in [3.8, 4) is 0 Å². The molecule has 2 aromatic rings. The van der Waals surface area contributed by atoms with E-state index in [1.165, 1.54) is 17.3 Å². The largest absolute Gasteiger partial charge is 0.416 e. The molecule has 2 unspecified atom stereocenters. The van der Waals surface area contributed by atoms with Crippen LogP contribution in [0.4, 0.5) is 18.9 Å². The number of hydrogen-bond acceptors (Lipinski definition) is 6. The first-order valence-corrected chi connectivity index (χ1v) is 12.9. The molecular formula is C23H27F3N4O2S2. The van der Waals surface area contributed by atoms with Gasteiger partial charge in [-0.1, -0.05) is 44.7 Å². The molecule has 1 fully saturated rings. The quantitative estimate of drug-likeness (QED) is 0.569. The lowest BCUT2D eigenvalue weighted by atomic mass is 9.87. The van der Waals surface area contributed by atoms with Crippen molar-refractivity contribution in [2.24, 2.45) is 5.18 Å². The number of nitrogens with zero attached hydrogens (tertiary/aromatic N) is 3. The summed E-state index contributed by atoms with van der Waals surface area (Å²) in [6.07, 6.45) is -4.53. The van der Waals surface area contributed by atoms with E-state index in [1.54, 1.807) is 0 Å². The zero-order valence-corrected chi connectivity index (χ0v) is 20.8. The fourth-order valence-corrected chi connectivity index (χ4v) is 6.46. The molecule has 2 aromatic carbocycles. The van der Waals surface area contributed by atoms with Gasteiger partial charge in [0, 0.05) is 37.6 Å². The van der Waals surface area contributed by atoms with E-state index < -0.39 is 22.7 Å². The van der Waals surface area contributed by atoms with Gasteiger partial charge in [-0.25, -0.2) is 8.51 Å². The number of benzene rings is 2. The predicted molar refractivity (Wildman–Crippen MR) is 128 cm³/mol. The second-order valence-electron chi connectivity index (χ2n) is 9.41. The number of thioether (sulfide) groups is 1. The Labute approximate surface area is 203 Å². The molecule has 0 spiro atoms. The van der Waals surface area contributed by atoms with Crippen LogP contribution in [-0.2, 0) is 29.1 Å². The summed E-state index contributed by atoms with van der Waals surface area (Å²) in [4.78, 5) is 14.7. The number of halogens is 3. The Balaban J connectivity index is 1.40. The number of piperazine rings is 1. The third-order valence-electron chi connectivity index (χ3n) is 6.03. The third kappa shape index (κ3) is 5.38. The predicted octanol–water partition coefficient (Wildman–Crippen LogP) is 5.22. The topological polar surface area (TPSA) is 65.0 Å². The standard InChI is InChI=1S/C23H27F3N4O2S2/c1-22(2,3)16-4-6-18(7-5-16)34(32)30-10-8-29(9-11-30)21-27-14-15-12-17(23(24,25)26)13-19(28-31)20(15)33-21/h4-7,12-13,21,27H,8-11,14H2,1-3H3. The average molecular weight is 513 g/mol. The lowest BCUT2D eigenvalue weighted by Crippen LogP contribution is -2.54. The lowest BCUT2D eigenvalue weighted by molar-refractivity contribution is -0.137. The van der Waals surface area contributed by atoms with E-state index in [9.17, 15) is 22.3 Å². The van der Waals surface area contributed by atoms with E-state index in [2.05, 4.69) is 36.2 Å². The summed E-state index contributed by atoms with van der Waals surface area (Å²) < 4.78 is 54.4. The van der Waals surface area contributed by atoms with Gasteiger partial charge in [0.1, 0.15) is 22.2 Å². The number of nitrogens with one attached hydrogen (secondary N) is 1. The van der Waals surface area contributed by atoms with Crippen LogP contribution in [0.3, 0.4) is 0 Å². The first kappa shape index (κ1) is 25.3. The van der Waals surface area contributed by atoms with Gasteiger partial charge in [-0.2, -0.15) is 13.2 Å². The van der Waals surface area contributed by atoms with Gasteiger partial charge < -0.3 is 0 Å². The van der Waals surface area contributed by atoms with Crippen LogP contribution in [0, 0.1) is 4.91 Å². The molecule has 2 atom stereocenters. The van der Waals surface area contributed by atoms with Gasteiger partial charge in [0.15, 0.2) is 0 Å². The molecule has 0 radical (unpaired) electrons. The van der Waals surface area contributed by atoms with Crippen LogP contribution in [0.15, 0.2) is 51.4 Å². The summed E-state index contributed by atoms with van der Waals surface area (Å²) in [5.41, 5.74) is 0.386.